The van der Waals surface area contributed by atoms with Crippen molar-refractivity contribution in [1.29, 1.82) is 0 Å². The number of piperidine rings is 1. The highest BCUT2D eigenvalue weighted by atomic mass is 16.5. The molecule has 0 radical (unpaired) electrons. The molecule has 1 aliphatic heterocycles. The number of ether oxygens (including phenoxy) is 1. The molecule has 29 heavy (non-hydrogen) atoms. The Morgan fingerprint density at radius 3 is 2.90 bits per heavy atom. The first-order valence-corrected chi connectivity index (χ1v) is 9.97. The number of amides is 1. The summed E-state index contributed by atoms with van der Waals surface area (Å²) >= 11 is 0. The van der Waals surface area contributed by atoms with Crippen molar-refractivity contribution in [2.24, 2.45) is 10.9 Å². The standard InChI is InChI=1S/C21H30N6O2/c1-16-7-11-26(14-19(16)27-12-10-23-15-27)21(22-2)25-9-8-24-20(28)17-5-4-6-18(13-17)29-3/h4-6,10,12-13,15-16,19H,7-9,11,14H2,1-3H3,(H,22,25)(H,24,28). The second kappa shape index (κ2) is 9.95. The van der Waals surface area contributed by atoms with Crippen LogP contribution in [0.3, 0.4) is 0 Å². The monoisotopic (exact) mass is 398 g/mol. The summed E-state index contributed by atoms with van der Waals surface area (Å²) in [5, 5.41) is 6.29. The highest BCUT2D eigenvalue weighted by Gasteiger charge is 2.28. The van der Waals surface area contributed by atoms with Crippen LogP contribution in [0.4, 0.5) is 0 Å². The zero-order valence-corrected chi connectivity index (χ0v) is 17.3. The van der Waals surface area contributed by atoms with Gasteiger partial charge in [-0.2, -0.15) is 0 Å². The predicted molar refractivity (Wildman–Crippen MR) is 113 cm³/mol. The average Bonchev–Trinajstić information content (AvgIpc) is 3.29. The molecule has 2 atom stereocenters. The van der Waals surface area contributed by atoms with E-state index >= 15 is 0 Å². The number of guanidine groups is 1. The fourth-order valence-electron chi connectivity index (χ4n) is 3.64. The zero-order chi connectivity index (χ0) is 20.6. The highest BCUT2D eigenvalue weighted by Crippen LogP contribution is 2.27. The number of nitrogens with zero attached hydrogens (tertiary/aromatic N) is 4. The number of nitrogens with one attached hydrogen (secondary N) is 2. The van der Waals surface area contributed by atoms with Crippen LogP contribution >= 0.6 is 0 Å². The van der Waals surface area contributed by atoms with Gasteiger partial charge in [0.2, 0.25) is 0 Å². The largest absolute Gasteiger partial charge is 0.497 e. The SMILES string of the molecule is CN=C(NCCNC(=O)c1cccc(OC)c1)N1CCC(C)C(n2ccnc2)C1. The lowest BCUT2D eigenvalue weighted by molar-refractivity contribution is 0.0954. The van der Waals surface area contributed by atoms with Crippen LogP contribution in [0.5, 0.6) is 5.75 Å². The minimum Gasteiger partial charge on any atom is -0.497 e. The molecule has 0 spiro atoms. The van der Waals surface area contributed by atoms with Gasteiger partial charge in [-0.25, -0.2) is 4.98 Å². The van der Waals surface area contributed by atoms with Gasteiger partial charge < -0.3 is 24.8 Å². The summed E-state index contributed by atoms with van der Waals surface area (Å²) < 4.78 is 7.35. The molecule has 0 bridgehead atoms. The van der Waals surface area contributed by atoms with Crippen molar-refractivity contribution in [2.45, 2.75) is 19.4 Å². The Hall–Kier alpha value is -3.03. The van der Waals surface area contributed by atoms with E-state index in [0.717, 1.165) is 25.5 Å². The maximum Gasteiger partial charge on any atom is 0.251 e. The number of carbonyl (C=O) groups excluding carboxylic acids is 1. The molecule has 2 unspecified atom stereocenters. The quantitative estimate of drug-likeness (QED) is 0.440. The molecule has 156 valence electrons. The summed E-state index contributed by atoms with van der Waals surface area (Å²) in [6.45, 7) is 5.23. The van der Waals surface area contributed by atoms with Gasteiger partial charge in [0.05, 0.1) is 19.5 Å². The van der Waals surface area contributed by atoms with Crippen LogP contribution in [0.25, 0.3) is 0 Å². The second-order valence-corrected chi connectivity index (χ2v) is 7.25. The van der Waals surface area contributed by atoms with Crippen molar-refractivity contribution in [2.75, 3.05) is 40.3 Å². The molecule has 8 nitrogen and oxygen atoms in total. The van der Waals surface area contributed by atoms with Crippen LogP contribution in [0.2, 0.25) is 0 Å². The molecule has 3 rings (SSSR count). The van der Waals surface area contributed by atoms with Gasteiger partial charge >= 0.3 is 0 Å². The van der Waals surface area contributed by atoms with E-state index in [0.29, 0.717) is 36.4 Å². The molecular formula is C21H30N6O2. The lowest BCUT2D eigenvalue weighted by Crippen LogP contribution is -2.50. The third kappa shape index (κ3) is 5.28. The maximum atomic E-state index is 12.3. The van der Waals surface area contributed by atoms with E-state index in [4.69, 9.17) is 4.74 Å². The van der Waals surface area contributed by atoms with Crippen molar-refractivity contribution in [3.8, 4) is 5.75 Å². The molecule has 2 aromatic rings. The van der Waals surface area contributed by atoms with Gasteiger partial charge in [-0.05, 0) is 30.5 Å². The summed E-state index contributed by atoms with van der Waals surface area (Å²) in [6, 6.07) is 7.50. The number of aliphatic imine (C=N–C) groups is 1. The minimum absolute atomic E-state index is 0.118. The van der Waals surface area contributed by atoms with Crippen molar-refractivity contribution in [3.63, 3.8) is 0 Å². The summed E-state index contributed by atoms with van der Waals surface area (Å²) in [4.78, 5) is 23.2. The molecule has 0 saturated carbocycles. The first kappa shape index (κ1) is 20.7. The highest BCUT2D eigenvalue weighted by molar-refractivity contribution is 5.94. The first-order chi connectivity index (χ1) is 14.1. The number of hydrogen-bond donors (Lipinski definition) is 2. The van der Waals surface area contributed by atoms with E-state index in [-0.39, 0.29) is 5.91 Å². The molecule has 8 heteroatoms. The smallest absolute Gasteiger partial charge is 0.251 e. The van der Waals surface area contributed by atoms with Crippen LogP contribution in [0.15, 0.2) is 48.0 Å². The summed E-state index contributed by atoms with van der Waals surface area (Å²) in [6.07, 6.45) is 6.82. The number of hydrogen-bond acceptors (Lipinski definition) is 4. The van der Waals surface area contributed by atoms with Crippen LogP contribution in [0, 0.1) is 5.92 Å². The fourth-order valence-corrected chi connectivity index (χ4v) is 3.64. The Bertz CT molecular complexity index is 820. The molecule has 1 saturated heterocycles. The van der Waals surface area contributed by atoms with E-state index < -0.39 is 0 Å². The van der Waals surface area contributed by atoms with Crippen molar-refractivity contribution >= 4 is 11.9 Å². The Morgan fingerprint density at radius 1 is 1.34 bits per heavy atom. The van der Waals surface area contributed by atoms with E-state index in [9.17, 15) is 4.79 Å². The Balaban J connectivity index is 1.48. The van der Waals surface area contributed by atoms with Crippen LogP contribution in [0.1, 0.15) is 29.7 Å². The van der Waals surface area contributed by atoms with Crippen LogP contribution in [-0.2, 0) is 0 Å². The lowest BCUT2D eigenvalue weighted by Gasteiger charge is -2.39. The second-order valence-electron chi connectivity index (χ2n) is 7.25. The Morgan fingerprint density at radius 2 is 2.17 bits per heavy atom. The summed E-state index contributed by atoms with van der Waals surface area (Å²) in [5.74, 6) is 1.99. The molecule has 2 heterocycles. The van der Waals surface area contributed by atoms with Gasteiger partial charge in [0.25, 0.3) is 5.91 Å². The summed E-state index contributed by atoms with van der Waals surface area (Å²) in [5.41, 5.74) is 0.585. The first-order valence-electron chi connectivity index (χ1n) is 9.97. The number of aromatic nitrogens is 2. The third-order valence-electron chi connectivity index (χ3n) is 5.36. The molecule has 1 aliphatic rings. The van der Waals surface area contributed by atoms with E-state index in [2.05, 4.69) is 37.0 Å². The molecule has 1 amide bonds. The Kier molecular flexibility index (Phi) is 7.10. The van der Waals surface area contributed by atoms with Gasteiger partial charge in [-0.3, -0.25) is 9.79 Å². The lowest BCUT2D eigenvalue weighted by atomic mass is 9.93. The van der Waals surface area contributed by atoms with Gasteiger partial charge in [-0.1, -0.05) is 13.0 Å². The molecule has 0 aliphatic carbocycles. The number of methoxy groups -OCH3 is 1. The van der Waals surface area contributed by atoms with E-state index in [1.54, 1.807) is 26.3 Å². The van der Waals surface area contributed by atoms with Crippen LogP contribution in [-0.4, -0.2) is 66.7 Å². The molecule has 1 aromatic heterocycles. The summed E-state index contributed by atoms with van der Waals surface area (Å²) in [7, 11) is 3.38. The van der Waals surface area contributed by atoms with Crippen molar-refractivity contribution in [3.05, 3.63) is 48.5 Å². The number of likely N-dealkylation sites (tertiary alicyclic amines) is 1. The predicted octanol–water partition coefficient (Wildman–Crippen LogP) is 1.78. The molecular weight excluding hydrogens is 368 g/mol. The number of imidazole rings is 1. The van der Waals surface area contributed by atoms with Gasteiger partial charge in [0.15, 0.2) is 5.96 Å². The van der Waals surface area contributed by atoms with Gasteiger partial charge in [-0.15, -0.1) is 0 Å². The van der Waals surface area contributed by atoms with E-state index in [1.807, 2.05) is 30.9 Å². The Labute approximate surface area is 172 Å². The third-order valence-corrected chi connectivity index (χ3v) is 5.36. The topological polar surface area (TPSA) is 83.8 Å². The van der Waals surface area contributed by atoms with Gasteiger partial charge in [0, 0.05) is 51.2 Å². The normalized spacial score (nSPS) is 19.7. The molecule has 1 fully saturated rings. The average molecular weight is 399 g/mol. The van der Waals surface area contributed by atoms with Crippen LogP contribution < -0.4 is 15.4 Å². The maximum absolute atomic E-state index is 12.3. The van der Waals surface area contributed by atoms with Crippen molar-refractivity contribution in [1.82, 2.24) is 25.1 Å². The molecule has 2 N–H and O–H groups in total. The molecule has 1 aromatic carbocycles. The number of benzene rings is 1. The fraction of sp³-hybridized carbons (Fsp3) is 0.476. The number of carbonyl (C=O) groups is 1. The van der Waals surface area contributed by atoms with Crippen molar-refractivity contribution < 1.29 is 9.53 Å². The number of rotatable bonds is 6. The minimum atomic E-state index is -0.118. The zero-order valence-electron chi connectivity index (χ0n) is 17.3. The van der Waals surface area contributed by atoms with E-state index in [1.165, 1.54) is 0 Å². The van der Waals surface area contributed by atoms with Gasteiger partial charge in [0.1, 0.15) is 5.75 Å².